The molecule has 0 bridgehead atoms. The SMILES string of the molecule is Cc1ccc(NC(=O)CN)cc1NC(=O)c1ccccc1Cl. The van der Waals surface area contributed by atoms with Crippen LogP contribution in [0.25, 0.3) is 0 Å². The van der Waals surface area contributed by atoms with Gasteiger partial charge in [0.2, 0.25) is 5.91 Å². The van der Waals surface area contributed by atoms with Crippen LogP contribution in [-0.4, -0.2) is 18.4 Å². The number of hydrogen-bond acceptors (Lipinski definition) is 3. The van der Waals surface area contributed by atoms with Crippen LogP contribution in [0.4, 0.5) is 11.4 Å². The first-order valence-electron chi connectivity index (χ1n) is 6.67. The van der Waals surface area contributed by atoms with Crippen LogP contribution >= 0.6 is 11.6 Å². The summed E-state index contributed by atoms with van der Waals surface area (Å²) >= 11 is 6.01. The van der Waals surface area contributed by atoms with E-state index < -0.39 is 0 Å². The zero-order chi connectivity index (χ0) is 16.1. The molecule has 0 atom stereocenters. The molecule has 4 N–H and O–H groups in total. The summed E-state index contributed by atoms with van der Waals surface area (Å²) in [4.78, 5) is 23.6. The van der Waals surface area contributed by atoms with Crippen LogP contribution in [-0.2, 0) is 4.79 Å². The molecule has 2 aromatic rings. The molecule has 0 aliphatic rings. The first-order chi connectivity index (χ1) is 10.5. The van der Waals surface area contributed by atoms with Crippen molar-refractivity contribution < 1.29 is 9.59 Å². The largest absolute Gasteiger partial charge is 0.325 e. The van der Waals surface area contributed by atoms with Crippen LogP contribution in [0, 0.1) is 6.92 Å². The average Bonchev–Trinajstić information content (AvgIpc) is 2.50. The Morgan fingerprint density at radius 3 is 2.55 bits per heavy atom. The number of aryl methyl sites for hydroxylation is 1. The monoisotopic (exact) mass is 317 g/mol. The molecule has 2 amide bonds. The van der Waals surface area contributed by atoms with E-state index >= 15 is 0 Å². The lowest BCUT2D eigenvalue weighted by Crippen LogP contribution is -2.22. The van der Waals surface area contributed by atoms with Crippen molar-refractivity contribution in [3.63, 3.8) is 0 Å². The molecule has 0 unspecified atom stereocenters. The van der Waals surface area contributed by atoms with Crippen molar-refractivity contribution in [3.8, 4) is 0 Å². The zero-order valence-electron chi connectivity index (χ0n) is 12.0. The van der Waals surface area contributed by atoms with E-state index in [2.05, 4.69) is 10.6 Å². The van der Waals surface area contributed by atoms with Gasteiger partial charge >= 0.3 is 0 Å². The summed E-state index contributed by atoms with van der Waals surface area (Å²) < 4.78 is 0. The Kier molecular flexibility index (Phi) is 5.14. The van der Waals surface area contributed by atoms with Crippen LogP contribution in [0.15, 0.2) is 42.5 Å². The second kappa shape index (κ2) is 7.06. The van der Waals surface area contributed by atoms with E-state index in [1.165, 1.54) is 0 Å². The van der Waals surface area contributed by atoms with Crippen molar-refractivity contribution in [1.82, 2.24) is 0 Å². The molecule has 0 saturated heterocycles. The minimum Gasteiger partial charge on any atom is -0.325 e. The first kappa shape index (κ1) is 16.0. The summed E-state index contributed by atoms with van der Waals surface area (Å²) in [5.41, 5.74) is 7.68. The Bertz CT molecular complexity index is 716. The van der Waals surface area contributed by atoms with Gasteiger partial charge in [0.05, 0.1) is 17.1 Å². The highest BCUT2D eigenvalue weighted by Gasteiger charge is 2.11. The summed E-state index contributed by atoms with van der Waals surface area (Å²) in [6, 6.07) is 12.0. The third-order valence-corrected chi connectivity index (χ3v) is 3.40. The molecule has 114 valence electrons. The smallest absolute Gasteiger partial charge is 0.257 e. The van der Waals surface area contributed by atoms with E-state index in [0.717, 1.165) is 5.56 Å². The van der Waals surface area contributed by atoms with E-state index in [0.29, 0.717) is 22.0 Å². The summed E-state index contributed by atoms with van der Waals surface area (Å²) in [5, 5.41) is 5.82. The summed E-state index contributed by atoms with van der Waals surface area (Å²) in [5.74, 6) is -0.608. The predicted octanol–water partition coefficient (Wildman–Crippen LogP) is 2.80. The number of hydrogen-bond donors (Lipinski definition) is 3. The molecule has 0 heterocycles. The quantitative estimate of drug-likeness (QED) is 0.810. The molecule has 2 aromatic carbocycles. The third kappa shape index (κ3) is 3.84. The van der Waals surface area contributed by atoms with Crippen molar-refractivity contribution in [1.29, 1.82) is 0 Å². The van der Waals surface area contributed by atoms with Crippen LogP contribution < -0.4 is 16.4 Å². The van der Waals surface area contributed by atoms with Gasteiger partial charge in [0.25, 0.3) is 5.91 Å². The average molecular weight is 318 g/mol. The van der Waals surface area contributed by atoms with Gasteiger partial charge in [0.1, 0.15) is 0 Å². The molecule has 22 heavy (non-hydrogen) atoms. The molecule has 0 aliphatic heterocycles. The van der Waals surface area contributed by atoms with Crippen molar-refractivity contribution >= 4 is 34.8 Å². The molecule has 2 rings (SSSR count). The van der Waals surface area contributed by atoms with E-state index in [4.69, 9.17) is 17.3 Å². The topological polar surface area (TPSA) is 84.2 Å². The van der Waals surface area contributed by atoms with Gasteiger partial charge in [0.15, 0.2) is 0 Å². The van der Waals surface area contributed by atoms with Crippen molar-refractivity contribution in [2.45, 2.75) is 6.92 Å². The number of amides is 2. The lowest BCUT2D eigenvalue weighted by Gasteiger charge is -2.12. The Balaban J connectivity index is 2.22. The molecule has 0 fully saturated rings. The minimum atomic E-state index is -0.309. The maximum atomic E-state index is 12.3. The van der Waals surface area contributed by atoms with Crippen LogP contribution in [0.5, 0.6) is 0 Å². The maximum Gasteiger partial charge on any atom is 0.257 e. The van der Waals surface area contributed by atoms with Crippen molar-refractivity contribution in [2.24, 2.45) is 5.73 Å². The van der Waals surface area contributed by atoms with Gasteiger partial charge in [-0.25, -0.2) is 0 Å². The Labute approximate surface area is 133 Å². The lowest BCUT2D eigenvalue weighted by atomic mass is 10.1. The second-order valence-electron chi connectivity index (χ2n) is 4.72. The highest BCUT2D eigenvalue weighted by molar-refractivity contribution is 6.34. The predicted molar refractivity (Wildman–Crippen MR) is 88.3 cm³/mol. The van der Waals surface area contributed by atoms with Gasteiger partial charge in [-0.2, -0.15) is 0 Å². The highest BCUT2D eigenvalue weighted by Crippen LogP contribution is 2.22. The number of carbonyl (C=O) groups is 2. The van der Waals surface area contributed by atoms with Crippen LogP contribution in [0.2, 0.25) is 5.02 Å². The molecule has 0 aromatic heterocycles. The summed E-state index contributed by atoms with van der Waals surface area (Å²) in [6.07, 6.45) is 0. The summed E-state index contributed by atoms with van der Waals surface area (Å²) in [7, 11) is 0. The minimum absolute atomic E-state index is 0.102. The molecule has 0 spiro atoms. The first-order valence-corrected chi connectivity index (χ1v) is 7.05. The van der Waals surface area contributed by atoms with E-state index in [9.17, 15) is 9.59 Å². The lowest BCUT2D eigenvalue weighted by molar-refractivity contribution is -0.114. The number of benzene rings is 2. The maximum absolute atomic E-state index is 12.3. The highest BCUT2D eigenvalue weighted by atomic mass is 35.5. The van der Waals surface area contributed by atoms with E-state index in [1.807, 2.05) is 6.92 Å². The standard InChI is InChI=1S/C16H16ClN3O2/c1-10-6-7-11(19-15(21)9-18)8-14(10)20-16(22)12-4-2-3-5-13(12)17/h2-8H,9,18H2,1H3,(H,19,21)(H,20,22). The summed E-state index contributed by atoms with van der Waals surface area (Å²) in [6.45, 7) is 1.76. The Morgan fingerprint density at radius 2 is 1.86 bits per heavy atom. The number of carbonyl (C=O) groups excluding carboxylic acids is 2. The number of nitrogens with two attached hydrogens (primary N) is 1. The van der Waals surface area contributed by atoms with Gasteiger partial charge in [-0.3, -0.25) is 9.59 Å². The van der Waals surface area contributed by atoms with Crippen molar-refractivity contribution in [2.75, 3.05) is 17.2 Å². The molecule has 5 nitrogen and oxygen atoms in total. The second-order valence-corrected chi connectivity index (χ2v) is 5.12. The Morgan fingerprint density at radius 1 is 1.14 bits per heavy atom. The molecule has 0 radical (unpaired) electrons. The van der Waals surface area contributed by atoms with Crippen molar-refractivity contribution in [3.05, 3.63) is 58.6 Å². The third-order valence-electron chi connectivity index (χ3n) is 3.07. The number of anilines is 2. The number of nitrogens with one attached hydrogen (secondary N) is 2. The van der Waals surface area contributed by atoms with Gasteiger partial charge < -0.3 is 16.4 Å². The molecule has 6 heteroatoms. The number of rotatable bonds is 4. The number of halogens is 1. The van der Waals surface area contributed by atoms with Crippen LogP contribution in [0.1, 0.15) is 15.9 Å². The fraction of sp³-hybridized carbons (Fsp3) is 0.125. The Hall–Kier alpha value is -2.37. The fourth-order valence-electron chi connectivity index (χ4n) is 1.88. The van der Waals surface area contributed by atoms with Gasteiger partial charge in [-0.15, -0.1) is 0 Å². The normalized spacial score (nSPS) is 10.1. The van der Waals surface area contributed by atoms with Gasteiger partial charge in [-0.1, -0.05) is 29.8 Å². The van der Waals surface area contributed by atoms with Crippen LogP contribution in [0.3, 0.4) is 0 Å². The van der Waals surface area contributed by atoms with E-state index in [-0.39, 0.29) is 18.4 Å². The van der Waals surface area contributed by atoms with E-state index in [1.54, 1.807) is 42.5 Å². The molecule has 0 saturated carbocycles. The molecular weight excluding hydrogens is 302 g/mol. The molecular formula is C16H16ClN3O2. The van der Waals surface area contributed by atoms with Gasteiger partial charge in [0, 0.05) is 11.4 Å². The zero-order valence-corrected chi connectivity index (χ0v) is 12.8. The van der Waals surface area contributed by atoms with Gasteiger partial charge in [-0.05, 0) is 36.8 Å². The fourth-order valence-corrected chi connectivity index (χ4v) is 2.10. The molecule has 0 aliphatic carbocycles.